The van der Waals surface area contributed by atoms with E-state index in [2.05, 4.69) is 54.7 Å². The third kappa shape index (κ3) is 5.44. The Kier molecular flexibility index (Phi) is 9.31. The second-order valence-electron chi connectivity index (χ2n) is 13.2. The Morgan fingerprint density at radius 2 is 1.88 bits per heavy atom. The number of benzene rings is 2. The number of amides is 1. The molecule has 1 amide bonds. The first kappa shape index (κ1) is 33.6. The van der Waals surface area contributed by atoms with Crippen molar-refractivity contribution in [2.45, 2.75) is 77.7 Å². The van der Waals surface area contributed by atoms with Gasteiger partial charge in [-0.05, 0) is 57.4 Å². The summed E-state index contributed by atoms with van der Waals surface area (Å²) in [7, 11) is 3.66. The van der Waals surface area contributed by atoms with Crippen LogP contribution in [0, 0.1) is 38.0 Å². The summed E-state index contributed by atoms with van der Waals surface area (Å²) in [6.45, 7) is 13.5. The van der Waals surface area contributed by atoms with Gasteiger partial charge in [0.2, 0.25) is 12.7 Å². The minimum absolute atomic E-state index is 0.0106. The summed E-state index contributed by atoms with van der Waals surface area (Å²) in [6.07, 6.45) is 1.65. The number of likely N-dealkylation sites (N-methyl/N-ethyl adjacent to an activating group) is 1. The van der Waals surface area contributed by atoms with E-state index in [0.717, 1.165) is 39.1 Å². The summed E-state index contributed by atoms with van der Waals surface area (Å²) >= 11 is 0. The number of nitriles is 1. The van der Waals surface area contributed by atoms with Crippen molar-refractivity contribution in [1.82, 2.24) is 15.1 Å². The van der Waals surface area contributed by atoms with E-state index in [1.807, 2.05) is 20.8 Å². The first-order valence-electron chi connectivity index (χ1n) is 16.4. The van der Waals surface area contributed by atoms with Crippen LogP contribution < -0.4 is 24.3 Å². The molecule has 0 aromatic heterocycles. The van der Waals surface area contributed by atoms with Gasteiger partial charge in [0.25, 0.3) is 0 Å². The zero-order valence-electron chi connectivity index (χ0n) is 28.7. The summed E-state index contributed by atoms with van der Waals surface area (Å²) in [5.74, 6) is 1.75. The summed E-state index contributed by atoms with van der Waals surface area (Å²) in [5, 5.41) is 14.0. The van der Waals surface area contributed by atoms with Gasteiger partial charge in [-0.25, -0.2) is 4.79 Å². The predicted molar refractivity (Wildman–Crippen MR) is 175 cm³/mol. The van der Waals surface area contributed by atoms with Gasteiger partial charge in [0.05, 0.1) is 18.2 Å². The van der Waals surface area contributed by atoms with Gasteiger partial charge in [0.15, 0.2) is 18.3 Å². The van der Waals surface area contributed by atoms with Gasteiger partial charge in [-0.15, -0.1) is 0 Å². The van der Waals surface area contributed by atoms with Gasteiger partial charge in [0, 0.05) is 53.9 Å². The molecule has 2 aromatic carbocycles. The Morgan fingerprint density at radius 3 is 2.56 bits per heavy atom. The zero-order valence-corrected chi connectivity index (χ0v) is 28.7. The molecule has 4 aliphatic heterocycles. The van der Waals surface area contributed by atoms with Crippen LogP contribution in [0.1, 0.15) is 64.9 Å². The molecule has 2 aromatic rings. The average Bonchev–Trinajstić information content (AvgIpc) is 3.55. The Bertz CT molecular complexity index is 1680. The van der Waals surface area contributed by atoms with Crippen LogP contribution in [0.5, 0.6) is 23.0 Å². The van der Waals surface area contributed by atoms with Crippen molar-refractivity contribution < 1.29 is 38.0 Å². The predicted octanol–water partition coefficient (Wildman–Crippen LogP) is 4.57. The molecule has 1 saturated heterocycles. The molecule has 12 heteroatoms. The molecule has 1 N–H and O–H groups in total. The van der Waals surface area contributed by atoms with Crippen LogP contribution >= 0.6 is 0 Å². The molecule has 4 aliphatic rings. The van der Waals surface area contributed by atoms with Crippen molar-refractivity contribution in [2.75, 3.05) is 40.9 Å². The normalized spacial score (nSPS) is 23.8. The number of rotatable bonds is 9. The van der Waals surface area contributed by atoms with E-state index in [-0.39, 0.29) is 56.7 Å². The SMILES string of the molecule is C=CCOC(=O)Oc1c(C)c2c(c3c1CC1[C@@H]4c5c(cc(C)c(C)c5OCOC)C[C@@H]([C@H](C#N)N1[C@H]3CNC(=O)C(C)C)N4C)OCO2. The van der Waals surface area contributed by atoms with Gasteiger partial charge >= 0.3 is 6.16 Å². The molecule has 2 bridgehead atoms. The highest BCUT2D eigenvalue weighted by molar-refractivity contribution is 5.78. The standard InChI is InChI=1S/C36H44N4O8/c1-9-10-44-36(42)48-31-21(6)33-34(47-17-46-33)29-23(31)13-25-30-28-22(11-19(4)20(5)32(28)45-16-43-8)12-24(39(30)7)26(14-37)40(25)27(29)15-38-35(41)18(2)3/h9,11,18,24-27,30H,1,10,12-13,15-17H2,2-8H3,(H,38,41)/t24-,25?,26-,27-,30+/m0/s1. The molecule has 48 heavy (non-hydrogen) atoms. The quantitative estimate of drug-likeness (QED) is 0.176. The zero-order chi connectivity index (χ0) is 34.4. The number of aryl methyl sites for hydroxylation is 1. The minimum atomic E-state index is -0.869. The molecule has 1 fully saturated rings. The van der Waals surface area contributed by atoms with Crippen LogP contribution in [0.2, 0.25) is 0 Å². The van der Waals surface area contributed by atoms with E-state index in [0.29, 0.717) is 35.7 Å². The van der Waals surface area contributed by atoms with E-state index in [9.17, 15) is 14.9 Å². The average molecular weight is 661 g/mol. The summed E-state index contributed by atoms with van der Waals surface area (Å²) in [4.78, 5) is 30.5. The molecule has 0 aliphatic carbocycles. The largest absolute Gasteiger partial charge is 0.514 e. The molecule has 0 radical (unpaired) electrons. The van der Waals surface area contributed by atoms with Crippen LogP contribution in [0.4, 0.5) is 4.79 Å². The molecule has 1 unspecified atom stereocenters. The third-order valence-corrected chi connectivity index (χ3v) is 10.2. The first-order chi connectivity index (χ1) is 23.0. The summed E-state index contributed by atoms with van der Waals surface area (Å²) < 4.78 is 34.9. The fraction of sp³-hybridized carbons (Fsp3) is 0.528. The van der Waals surface area contributed by atoms with E-state index < -0.39 is 18.2 Å². The van der Waals surface area contributed by atoms with Crippen molar-refractivity contribution in [3.63, 3.8) is 0 Å². The first-order valence-corrected chi connectivity index (χ1v) is 16.4. The van der Waals surface area contributed by atoms with E-state index in [4.69, 9.17) is 28.4 Å². The maximum absolute atomic E-state index is 13.1. The number of piperazine rings is 1. The van der Waals surface area contributed by atoms with Crippen LogP contribution in [-0.4, -0.2) is 80.9 Å². The second kappa shape index (κ2) is 13.3. The van der Waals surface area contributed by atoms with E-state index >= 15 is 0 Å². The van der Waals surface area contributed by atoms with Crippen molar-refractivity contribution in [1.29, 1.82) is 5.26 Å². The van der Waals surface area contributed by atoms with Crippen molar-refractivity contribution >= 4 is 12.1 Å². The topological polar surface area (TPSA) is 132 Å². The van der Waals surface area contributed by atoms with Gasteiger partial charge in [-0.1, -0.05) is 32.6 Å². The second-order valence-corrected chi connectivity index (χ2v) is 13.2. The van der Waals surface area contributed by atoms with Gasteiger partial charge < -0.3 is 33.7 Å². The lowest BCUT2D eigenvalue weighted by Crippen LogP contribution is -2.68. The maximum Gasteiger partial charge on any atom is 0.514 e. The number of hydrogen-bond acceptors (Lipinski definition) is 11. The smallest absolute Gasteiger partial charge is 0.467 e. The van der Waals surface area contributed by atoms with Crippen LogP contribution in [-0.2, 0) is 27.1 Å². The lowest BCUT2D eigenvalue weighted by atomic mass is 9.71. The monoisotopic (exact) mass is 660 g/mol. The number of fused-ring (bicyclic) bond motifs is 9. The lowest BCUT2D eigenvalue weighted by Gasteiger charge is -2.60. The molecule has 0 spiro atoms. The van der Waals surface area contributed by atoms with Crippen molar-refractivity contribution in [3.8, 4) is 29.1 Å². The van der Waals surface area contributed by atoms with E-state index in [1.54, 1.807) is 7.11 Å². The van der Waals surface area contributed by atoms with Crippen LogP contribution in [0.3, 0.4) is 0 Å². The molecule has 4 heterocycles. The number of nitrogens with one attached hydrogen (secondary N) is 1. The number of carbonyl (C=O) groups is 2. The number of nitrogens with zero attached hydrogens (tertiary/aromatic N) is 3. The van der Waals surface area contributed by atoms with Crippen molar-refractivity contribution in [2.24, 2.45) is 5.92 Å². The van der Waals surface area contributed by atoms with Gasteiger partial charge in [-0.2, -0.15) is 5.26 Å². The molecule has 6 rings (SSSR count). The van der Waals surface area contributed by atoms with Crippen LogP contribution in [0.25, 0.3) is 0 Å². The highest BCUT2D eigenvalue weighted by Crippen LogP contribution is 2.58. The van der Waals surface area contributed by atoms with E-state index in [1.165, 1.54) is 6.08 Å². The molecule has 5 atom stereocenters. The lowest BCUT2D eigenvalue weighted by molar-refractivity contribution is -0.125. The number of carbonyl (C=O) groups excluding carboxylic acids is 2. The van der Waals surface area contributed by atoms with Gasteiger partial charge in [0.1, 0.15) is 24.1 Å². The molecule has 256 valence electrons. The molecule has 0 saturated carbocycles. The van der Waals surface area contributed by atoms with Crippen molar-refractivity contribution in [3.05, 3.63) is 57.7 Å². The fourth-order valence-corrected chi connectivity index (χ4v) is 7.96. The highest BCUT2D eigenvalue weighted by Gasteiger charge is 2.57. The molecular formula is C36H44N4O8. The Balaban J connectivity index is 1.59. The fourth-order valence-electron chi connectivity index (χ4n) is 7.96. The van der Waals surface area contributed by atoms with Crippen LogP contribution in [0.15, 0.2) is 18.7 Å². The Labute approximate surface area is 281 Å². The van der Waals surface area contributed by atoms with Gasteiger partial charge in [-0.3, -0.25) is 14.6 Å². The molecule has 12 nitrogen and oxygen atoms in total. The summed E-state index contributed by atoms with van der Waals surface area (Å²) in [5.41, 5.74) is 6.41. The maximum atomic E-state index is 13.1. The number of hydrogen-bond donors (Lipinski definition) is 1. The molecular weight excluding hydrogens is 616 g/mol. The highest BCUT2D eigenvalue weighted by atomic mass is 16.7. The minimum Gasteiger partial charge on any atom is -0.467 e. The Morgan fingerprint density at radius 1 is 1.12 bits per heavy atom. The number of ether oxygens (including phenoxy) is 6. The number of methoxy groups -OCH3 is 1. The Hall–Kier alpha value is -4.31. The third-order valence-electron chi connectivity index (χ3n) is 10.2. The summed E-state index contributed by atoms with van der Waals surface area (Å²) in [6, 6.07) is 3.17.